The van der Waals surface area contributed by atoms with Crippen LogP contribution in [0.3, 0.4) is 0 Å². The largest absolute Gasteiger partial charge is 0.386 e. The van der Waals surface area contributed by atoms with Crippen molar-refractivity contribution in [1.29, 1.82) is 0 Å². The number of carbonyl (C=O) groups is 4. The van der Waals surface area contributed by atoms with Gasteiger partial charge >= 0.3 is 11.9 Å². The summed E-state index contributed by atoms with van der Waals surface area (Å²) in [5.41, 5.74) is 1.12. The number of hydrogen-bond donors (Lipinski definition) is 2. The van der Waals surface area contributed by atoms with Gasteiger partial charge in [-0.05, 0) is 45.8 Å². The van der Waals surface area contributed by atoms with E-state index in [0.29, 0.717) is 32.9 Å². The van der Waals surface area contributed by atoms with E-state index < -0.39 is 11.9 Å². The van der Waals surface area contributed by atoms with Crippen LogP contribution in [0.25, 0.3) is 21.5 Å². The van der Waals surface area contributed by atoms with Crippen molar-refractivity contribution < 1.29 is 23.9 Å². The standard InChI is InChI=1S/C26H20N2O5/c1-15(29)27-19-11-17-7-3-5-9-21(17)23(13-19)25(31)33-26(32)24-14-20(28-16(2)30)12-18-8-4-6-10-22(18)24/h3-14H,1-2H3,(H,27,29)(H,28,30). The second-order valence-corrected chi connectivity index (χ2v) is 7.53. The van der Waals surface area contributed by atoms with Gasteiger partial charge in [-0.15, -0.1) is 0 Å². The van der Waals surface area contributed by atoms with Crippen molar-refractivity contribution in [3.63, 3.8) is 0 Å². The summed E-state index contributed by atoms with van der Waals surface area (Å²) < 4.78 is 5.26. The highest BCUT2D eigenvalue weighted by atomic mass is 16.6. The minimum atomic E-state index is -0.850. The van der Waals surface area contributed by atoms with Gasteiger partial charge in [0.25, 0.3) is 0 Å². The van der Waals surface area contributed by atoms with Crippen LogP contribution in [0.5, 0.6) is 0 Å². The summed E-state index contributed by atoms with van der Waals surface area (Å²) in [5, 5.41) is 7.90. The minimum absolute atomic E-state index is 0.146. The Bertz CT molecular complexity index is 1330. The molecule has 0 bridgehead atoms. The molecule has 4 rings (SSSR count). The highest BCUT2D eigenvalue weighted by Gasteiger charge is 2.21. The predicted octanol–water partition coefficient (Wildman–Crippen LogP) is 4.91. The molecular formula is C26H20N2O5. The molecule has 33 heavy (non-hydrogen) atoms. The van der Waals surface area contributed by atoms with Crippen molar-refractivity contribution in [3.05, 3.63) is 83.9 Å². The van der Waals surface area contributed by atoms with Gasteiger partial charge in [-0.3, -0.25) is 9.59 Å². The summed E-state index contributed by atoms with van der Waals surface area (Å²) in [5.74, 6) is -2.28. The maximum absolute atomic E-state index is 13.1. The molecule has 0 aliphatic rings. The zero-order chi connectivity index (χ0) is 23.5. The third-order valence-corrected chi connectivity index (χ3v) is 4.99. The van der Waals surface area contributed by atoms with Crippen molar-refractivity contribution in [2.24, 2.45) is 0 Å². The molecule has 0 aliphatic heterocycles. The van der Waals surface area contributed by atoms with Crippen LogP contribution in [0.4, 0.5) is 11.4 Å². The van der Waals surface area contributed by atoms with E-state index in [9.17, 15) is 19.2 Å². The van der Waals surface area contributed by atoms with Gasteiger partial charge in [0.05, 0.1) is 11.1 Å². The molecule has 4 aromatic rings. The average Bonchev–Trinajstić information content (AvgIpc) is 2.77. The summed E-state index contributed by atoms with van der Waals surface area (Å²) in [6.45, 7) is 2.73. The zero-order valence-electron chi connectivity index (χ0n) is 18.0. The fourth-order valence-corrected chi connectivity index (χ4v) is 3.70. The van der Waals surface area contributed by atoms with E-state index in [4.69, 9.17) is 4.74 Å². The number of carbonyl (C=O) groups excluding carboxylic acids is 4. The highest BCUT2D eigenvalue weighted by molar-refractivity contribution is 6.14. The maximum atomic E-state index is 13.1. The number of nitrogens with one attached hydrogen (secondary N) is 2. The van der Waals surface area contributed by atoms with Gasteiger partial charge in [-0.1, -0.05) is 48.5 Å². The fourth-order valence-electron chi connectivity index (χ4n) is 3.70. The topological polar surface area (TPSA) is 102 Å². The molecule has 0 heterocycles. The smallest absolute Gasteiger partial charge is 0.346 e. The Hall–Kier alpha value is -4.52. The number of amides is 2. The number of rotatable bonds is 4. The van der Waals surface area contributed by atoms with Crippen LogP contribution in [0.1, 0.15) is 34.6 Å². The Kier molecular flexibility index (Phi) is 5.87. The molecular weight excluding hydrogens is 420 g/mol. The second kappa shape index (κ2) is 8.92. The molecule has 2 amide bonds. The SMILES string of the molecule is CC(=O)Nc1cc(C(=O)OC(=O)c2cc(NC(C)=O)cc3ccccc23)c2ccccc2c1. The van der Waals surface area contributed by atoms with Crippen LogP contribution in [0, 0.1) is 0 Å². The summed E-state index contributed by atoms with van der Waals surface area (Å²) in [4.78, 5) is 49.1. The lowest BCUT2D eigenvalue weighted by molar-refractivity contribution is -0.115. The number of fused-ring (bicyclic) bond motifs is 2. The number of anilines is 2. The van der Waals surface area contributed by atoms with E-state index in [1.165, 1.54) is 26.0 Å². The van der Waals surface area contributed by atoms with E-state index in [-0.39, 0.29) is 22.9 Å². The van der Waals surface area contributed by atoms with Crippen molar-refractivity contribution in [1.82, 2.24) is 0 Å². The third kappa shape index (κ3) is 4.72. The summed E-state index contributed by atoms with van der Waals surface area (Å²) in [7, 11) is 0. The van der Waals surface area contributed by atoms with Gasteiger partial charge in [-0.2, -0.15) is 0 Å². The summed E-state index contributed by atoms with van der Waals surface area (Å²) in [6, 6.07) is 20.6. The first-order valence-electron chi connectivity index (χ1n) is 10.2. The van der Waals surface area contributed by atoms with Gasteiger partial charge in [0.1, 0.15) is 0 Å². The van der Waals surface area contributed by atoms with E-state index in [1.54, 1.807) is 60.7 Å². The Morgan fingerprint density at radius 1 is 0.606 bits per heavy atom. The van der Waals surface area contributed by atoms with E-state index in [0.717, 1.165) is 0 Å². The lowest BCUT2D eigenvalue weighted by Gasteiger charge is -2.12. The third-order valence-electron chi connectivity index (χ3n) is 4.99. The first-order valence-corrected chi connectivity index (χ1v) is 10.2. The Labute approximate surface area is 189 Å². The van der Waals surface area contributed by atoms with Crippen LogP contribution in [-0.2, 0) is 14.3 Å². The summed E-state index contributed by atoms with van der Waals surface area (Å²) >= 11 is 0. The average molecular weight is 440 g/mol. The van der Waals surface area contributed by atoms with Crippen molar-refractivity contribution in [2.75, 3.05) is 10.6 Å². The first-order chi connectivity index (χ1) is 15.8. The fraction of sp³-hybridized carbons (Fsp3) is 0.0769. The molecule has 0 fully saturated rings. The first kappa shape index (κ1) is 21.7. The van der Waals surface area contributed by atoms with Crippen LogP contribution < -0.4 is 10.6 Å². The lowest BCUT2D eigenvalue weighted by atomic mass is 10.0. The lowest BCUT2D eigenvalue weighted by Crippen LogP contribution is -2.15. The monoisotopic (exact) mass is 440 g/mol. The Balaban J connectivity index is 1.73. The molecule has 164 valence electrons. The number of hydrogen-bond acceptors (Lipinski definition) is 5. The molecule has 0 radical (unpaired) electrons. The number of benzene rings is 4. The van der Waals surface area contributed by atoms with Crippen molar-refractivity contribution in [3.8, 4) is 0 Å². The van der Waals surface area contributed by atoms with Crippen LogP contribution in [-0.4, -0.2) is 23.8 Å². The number of esters is 2. The zero-order valence-corrected chi connectivity index (χ0v) is 18.0. The van der Waals surface area contributed by atoms with Gasteiger partial charge in [0, 0.05) is 25.2 Å². The Morgan fingerprint density at radius 3 is 1.39 bits per heavy atom. The van der Waals surface area contributed by atoms with Crippen LogP contribution >= 0.6 is 0 Å². The number of ether oxygens (including phenoxy) is 1. The minimum Gasteiger partial charge on any atom is -0.386 e. The molecule has 0 spiro atoms. The molecule has 7 nitrogen and oxygen atoms in total. The van der Waals surface area contributed by atoms with Crippen LogP contribution in [0.2, 0.25) is 0 Å². The van der Waals surface area contributed by atoms with Crippen molar-refractivity contribution >= 4 is 56.7 Å². The summed E-state index contributed by atoms with van der Waals surface area (Å²) in [6.07, 6.45) is 0. The second-order valence-electron chi connectivity index (χ2n) is 7.53. The normalized spacial score (nSPS) is 10.6. The molecule has 0 saturated heterocycles. The van der Waals surface area contributed by atoms with Gasteiger partial charge in [0.15, 0.2) is 0 Å². The molecule has 7 heteroatoms. The van der Waals surface area contributed by atoms with Gasteiger partial charge in [0.2, 0.25) is 11.8 Å². The van der Waals surface area contributed by atoms with E-state index in [1.807, 2.05) is 0 Å². The molecule has 0 saturated carbocycles. The molecule has 0 aromatic heterocycles. The van der Waals surface area contributed by atoms with E-state index in [2.05, 4.69) is 10.6 Å². The highest BCUT2D eigenvalue weighted by Crippen LogP contribution is 2.27. The Morgan fingerprint density at radius 2 is 1.00 bits per heavy atom. The molecule has 0 atom stereocenters. The van der Waals surface area contributed by atoms with Gasteiger partial charge < -0.3 is 15.4 Å². The van der Waals surface area contributed by atoms with Crippen LogP contribution in [0.15, 0.2) is 72.8 Å². The van der Waals surface area contributed by atoms with E-state index >= 15 is 0 Å². The predicted molar refractivity (Wildman–Crippen MR) is 126 cm³/mol. The molecule has 4 aromatic carbocycles. The maximum Gasteiger partial charge on any atom is 0.346 e. The van der Waals surface area contributed by atoms with Crippen molar-refractivity contribution in [2.45, 2.75) is 13.8 Å². The molecule has 0 unspecified atom stereocenters. The van der Waals surface area contributed by atoms with Gasteiger partial charge in [-0.25, -0.2) is 9.59 Å². The quantitative estimate of drug-likeness (QED) is 0.347. The molecule has 2 N–H and O–H groups in total. The molecule has 0 aliphatic carbocycles.